The van der Waals surface area contributed by atoms with E-state index in [-0.39, 0.29) is 16.7 Å². The van der Waals surface area contributed by atoms with E-state index in [2.05, 4.69) is 10.3 Å². The molecule has 0 spiro atoms. The summed E-state index contributed by atoms with van der Waals surface area (Å²) in [5, 5.41) is 3.64. The highest BCUT2D eigenvalue weighted by molar-refractivity contribution is 6.33. The van der Waals surface area contributed by atoms with Crippen LogP contribution >= 0.6 is 23.2 Å². The molecule has 0 aliphatic carbocycles. The van der Waals surface area contributed by atoms with Gasteiger partial charge in [0, 0.05) is 17.8 Å². The quantitative estimate of drug-likeness (QED) is 0.915. The number of carbonyl (C=O) groups excluding carboxylic acids is 1. The van der Waals surface area contributed by atoms with Crippen molar-refractivity contribution in [1.82, 2.24) is 10.3 Å². The number of amides is 1. The first-order chi connectivity index (χ1) is 9.06. The van der Waals surface area contributed by atoms with Crippen LogP contribution in [-0.4, -0.2) is 10.9 Å². The summed E-state index contributed by atoms with van der Waals surface area (Å²) in [7, 11) is 0. The minimum Gasteiger partial charge on any atom is -0.382 e. The van der Waals surface area contributed by atoms with Crippen LogP contribution in [0.15, 0.2) is 36.5 Å². The number of nitrogens with zero attached hydrogens (tertiary/aromatic N) is 1. The number of hydrogen-bond acceptors (Lipinski definition) is 3. The predicted molar refractivity (Wildman–Crippen MR) is 76.3 cm³/mol. The smallest absolute Gasteiger partial charge is 0.253 e. The van der Waals surface area contributed by atoms with Gasteiger partial charge in [-0.2, -0.15) is 0 Å². The second-order valence-electron chi connectivity index (χ2n) is 3.90. The van der Waals surface area contributed by atoms with Crippen molar-refractivity contribution in [3.05, 3.63) is 57.7 Å². The highest BCUT2D eigenvalue weighted by Gasteiger charge is 2.08. The summed E-state index contributed by atoms with van der Waals surface area (Å²) in [5.74, 6) is -0.0672. The number of aromatic nitrogens is 1. The molecular formula is C13H11Cl2N3O. The summed E-state index contributed by atoms with van der Waals surface area (Å²) in [4.78, 5) is 15.7. The second-order valence-corrected chi connectivity index (χ2v) is 4.75. The molecular weight excluding hydrogens is 285 g/mol. The first-order valence-corrected chi connectivity index (χ1v) is 6.25. The van der Waals surface area contributed by atoms with Crippen molar-refractivity contribution in [3.63, 3.8) is 0 Å². The first-order valence-electron chi connectivity index (χ1n) is 5.50. The number of hydrogen-bond donors (Lipinski definition) is 2. The maximum absolute atomic E-state index is 11.9. The first kappa shape index (κ1) is 13.6. The van der Waals surface area contributed by atoms with E-state index in [1.165, 1.54) is 12.3 Å². The fourth-order valence-electron chi connectivity index (χ4n) is 1.50. The topological polar surface area (TPSA) is 68.0 Å². The Bertz CT molecular complexity index is 617. The maximum Gasteiger partial charge on any atom is 0.253 e. The van der Waals surface area contributed by atoms with E-state index in [1.54, 1.807) is 12.1 Å². The van der Waals surface area contributed by atoms with E-state index in [0.29, 0.717) is 17.1 Å². The Kier molecular flexibility index (Phi) is 4.24. The largest absolute Gasteiger partial charge is 0.382 e. The predicted octanol–water partition coefficient (Wildman–Crippen LogP) is 2.90. The normalized spacial score (nSPS) is 10.2. The van der Waals surface area contributed by atoms with Gasteiger partial charge in [-0.15, -0.1) is 0 Å². The Morgan fingerprint density at radius 2 is 2.11 bits per heavy atom. The SMILES string of the molecule is Nc1ncc(C(=O)NCc2cccc(Cl)c2)cc1Cl. The number of pyridine rings is 1. The molecule has 1 heterocycles. The molecule has 0 aliphatic rings. The van der Waals surface area contributed by atoms with Crippen molar-refractivity contribution in [2.75, 3.05) is 5.73 Å². The van der Waals surface area contributed by atoms with Gasteiger partial charge >= 0.3 is 0 Å². The molecule has 98 valence electrons. The third-order valence-corrected chi connectivity index (χ3v) is 3.01. The van der Waals surface area contributed by atoms with Crippen LogP contribution in [0.1, 0.15) is 15.9 Å². The summed E-state index contributed by atoms with van der Waals surface area (Å²) >= 11 is 11.7. The molecule has 19 heavy (non-hydrogen) atoms. The van der Waals surface area contributed by atoms with Gasteiger partial charge < -0.3 is 11.1 Å². The van der Waals surface area contributed by atoms with Crippen LogP contribution in [0.5, 0.6) is 0 Å². The molecule has 4 nitrogen and oxygen atoms in total. The van der Waals surface area contributed by atoms with Gasteiger partial charge in [0.05, 0.1) is 10.6 Å². The second kappa shape index (κ2) is 5.91. The Labute approximate surface area is 120 Å². The lowest BCUT2D eigenvalue weighted by atomic mass is 10.2. The summed E-state index contributed by atoms with van der Waals surface area (Å²) in [5.41, 5.74) is 6.76. The Morgan fingerprint density at radius 1 is 1.32 bits per heavy atom. The van der Waals surface area contributed by atoms with Crippen molar-refractivity contribution in [2.24, 2.45) is 0 Å². The summed E-state index contributed by atoms with van der Waals surface area (Å²) in [6.45, 7) is 0.376. The van der Waals surface area contributed by atoms with Gasteiger partial charge in [0.2, 0.25) is 0 Å². The van der Waals surface area contributed by atoms with Crippen molar-refractivity contribution in [1.29, 1.82) is 0 Å². The maximum atomic E-state index is 11.9. The Morgan fingerprint density at radius 3 is 2.79 bits per heavy atom. The lowest BCUT2D eigenvalue weighted by Crippen LogP contribution is -2.23. The molecule has 0 radical (unpaired) electrons. The van der Waals surface area contributed by atoms with E-state index in [9.17, 15) is 4.79 Å². The molecule has 3 N–H and O–H groups in total. The summed E-state index contributed by atoms with van der Waals surface area (Å²) in [6.07, 6.45) is 1.38. The number of rotatable bonds is 3. The summed E-state index contributed by atoms with van der Waals surface area (Å²) in [6, 6.07) is 8.75. The van der Waals surface area contributed by atoms with E-state index < -0.39 is 0 Å². The van der Waals surface area contributed by atoms with Gasteiger partial charge in [0.25, 0.3) is 5.91 Å². The molecule has 0 unspecified atom stereocenters. The number of carbonyl (C=O) groups is 1. The minimum atomic E-state index is -0.269. The van der Waals surface area contributed by atoms with Gasteiger partial charge in [0.1, 0.15) is 5.82 Å². The van der Waals surface area contributed by atoms with Crippen LogP contribution < -0.4 is 11.1 Å². The third-order valence-electron chi connectivity index (χ3n) is 2.47. The molecule has 1 amide bonds. The van der Waals surface area contributed by atoms with Crippen LogP contribution in [0.25, 0.3) is 0 Å². The standard InChI is InChI=1S/C13H11Cl2N3O/c14-10-3-1-2-8(4-10)6-18-13(19)9-5-11(15)12(16)17-7-9/h1-5,7H,6H2,(H2,16,17)(H,18,19). The Balaban J connectivity index is 2.03. The van der Waals surface area contributed by atoms with Crippen LogP contribution in [0.4, 0.5) is 5.82 Å². The molecule has 0 saturated carbocycles. The zero-order valence-electron chi connectivity index (χ0n) is 9.86. The van der Waals surface area contributed by atoms with E-state index in [0.717, 1.165) is 5.56 Å². The fourth-order valence-corrected chi connectivity index (χ4v) is 1.88. The molecule has 0 fully saturated rings. The Hall–Kier alpha value is -1.78. The highest BCUT2D eigenvalue weighted by Crippen LogP contribution is 2.16. The highest BCUT2D eigenvalue weighted by atomic mass is 35.5. The van der Waals surface area contributed by atoms with Gasteiger partial charge in [-0.1, -0.05) is 35.3 Å². The minimum absolute atomic E-state index is 0.202. The van der Waals surface area contributed by atoms with E-state index in [4.69, 9.17) is 28.9 Å². The molecule has 0 atom stereocenters. The van der Waals surface area contributed by atoms with Crippen LogP contribution in [0.3, 0.4) is 0 Å². The van der Waals surface area contributed by atoms with Gasteiger partial charge in [-0.25, -0.2) is 4.98 Å². The average Bonchev–Trinajstić information content (AvgIpc) is 2.39. The number of nitrogens with one attached hydrogen (secondary N) is 1. The van der Waals surface area contributed by atoms with Crippen LogP contribution in [-0.2, 0) is 6.54 Å². The van der Waals surface area contributed by atoms with Crippen molar-refractivity contribution in [2.45, 2.75) is 6.54 Å². The molecule has 1 aromatic carbocycles. The average molecular weight is 296 g/mol. The molecule has 2 aromatic rings. The van der Waals surface area contributed by atoms with Gasteiger partial charge in [0.15, 0.2) is 0 Å². The number of nitrogen functional groups attached to an aromatic ring is 1. The van der Waals surface area contributed by atoms with Crippen LogP contribution in [0.2, 0.25) is 10.0 Å². The molecule has 6 heteroatoms. The molecule has 0 aliphatic heterocycles. The zero-order chi connectivity index (χ0) is 13.8. The van der Waals surface area contributed by atoms with Gasteiger partial charge in [-0.05, 0) is 23.8 Å². The van der Waals surface area contributed by atoms with E-state index in [1.807, 2.05) is 12.1 Å². The monoisotopic (exact) mass is 295 g/mol. The zero-order valence-corrected chi connectivity index (χ0v) is 11.4. The lowest BCUT2D eigenvalue weighted by Gasteiger charge is -2.06. The van der Waals surface area contributed by atoms with Crippen molar-refractivity contribution >= 4 is 34.9 Å². The van der Waals surface area contributed by atoms with Gasteiger partial charge in [-0.3, -0.25) is 4.79 Å². The fraction of sp³-hybridized carbons (Fsp3) is 0.0769. The third kappa shape index (κ3) is 3.59. The number of halogens is 2. The lowest BCUT2D eigenvalue weighted by molar-refractivity contribution is 0.0950. The molecule has 1 aromatic heterocycles. The molecule has 2 rings (SSSR count). The van der Waals surface area contributed by atoms with Crippen LogP contribution in [0, 0.1) is 0 Å². The molecule has 0 bridgehead atoms. The van der Waals surface area contributed by atoms with E-state index >= 15 is 0 Å². The number of anilines is 1. The van der Waals surface area contributed by atoms with Crippen molar-refractivity contribution < 1.29 is 4.79 Å². The summed E-state index contributed by atoms with van der Waals surface area (Å²) < 4.78 is 0. The number of nitrogens with two attached hydrogens (primary N) is 1. The number of benzene rings is 1. The van der Waals surface area contributed by atoms with Crippen molar-refractivity contribution in [3.8, 4) is 0 Å². The molecule has 0 saturated heterocycles.